The molecule has 136 valence electrons. The number of fused-ring (bicyclic) bond motifs is 1. The minimum absolute atomic E-state index is 0.188. The minimum Gasteiger partial charge on any atom is -0.444 e. The first-order valence-electron chi connectivity index (χ1n) is 9.19. The number of aromatic amines is 1. The van der Waals surface area contributed by atoms with Crippen molar-refractivity contribution in [3.8, 4) is 0 Å². The maximum atomic E-state index is 12.5. The van der Waals surface area contributed by atoms with Gasteiger partial charge in [0, 0.05) is 42.8 Å². The minimum atomic E-state index is -0.448. The summed E-state index contributed by atoms with van der Waals surface area (Å²) < 4.78 is 5.57. The molecule has 0 radical (unpaired) electrons. The van der Waals surface area contributed by atoms with Gasteiger partial charge in [-0.15, -0.1) is 0 Å². The molecule has 1 aromatic carbocycles. The highest BCUT2D eigenvalue weighted by molar-refractivity contribution is 5.82. The monoisotopic (exact) mass is 343 g/mol. The largest absolute Gasteiger partial charge is 0.444 e. The Morgan fingerprint density at radius 3 is 2.96 bits per heavy atom. The lowest BCUT2D eigenvalue weighted by atomic mass is 10.0. The van der Waals surface area contributed by atoms with Gasteiger partial charge in [-0.25, -0.2) is 4.79 Å². The average molecular weight is 343 g/mol. The third-order valence-electron chi connectivity index (χ3n) is 4.64. The highest BCUT2D eigenvalue weighted by Crippen LogP contribution is 2.21. The number of carbonyl (C=O) groups excluding carboxylic acids is 1. The van der Waals surface area contributed by atoms with Crippen LogP contribution in [-0.4, -0.2) is 40.7 Å². The van der Waals surface area contributed by atoms with Gasteiger partial charge < -0.3 is 19.9 Å². The maximum absolute atomic E-state index is 12.5. The summed E-state index contributed by atoms with van der Waals surface area (Å²) >= 11 is 0. The molecule has 2 N–H and O–H groups in total. The number of H-pyrrole nitrogens is 1. The van der Waals surface area contributed by atoms with Crippen molar-refractivity contribution in [3.63, 3.8) is 0 Å². The zero-order chi connectivity index (χ0) is 17.9. The van der Waals surface area contributed by atoms with Gasteiger partial charge in [0.25, 0.3) is 0 Å². The average Bonchev–Trinajstić information content (AvgIpc) is 3.03. The fourth-order valence-corrected chi connectivity index (χ4v) is 3.45. The Morgan fingerprint density at radius 2 is 2.16 bits per heavy atom. The van der Waals surface area contributed by atoms with Crippen LogP contribution in [0.3, 0.4) is 0 Å². The third-order valence-corrected chi connectivity index (χ3v) is 4.64. The fraction of sp³-hybridized carbons (Fsp3) is 0.550. The summed E-state index contributed by atoms with van der Waals surface area (Å²) in [7, 11) is 0. The number of hydrogen-bond acceptors (Lipinski definition) is 3. The van der Waals surface area contributed by atoms with Gasteiger partial charge in [0.2, 0.25) is 0 Å². The molecule has 1 fully saturated rings. The molecular weight excluding hydrogens is 314 g/mol. The number of carbonyl (C=O) groups is 1. The number of likely N-dealkylation sites (tertiary alicyclic amines) is 1. The number of ether oxygens (including phenoxy) is 1. The first kappa shape index (κ1) is 17.8. The number of piperidine rings is 1. The van der Waals surface area contributed by atoms with E-state index in [1.807, 2.05) is 31.9 Å². The number of aromatic nitrogens is 1. The molecule has 25 heavy (non-hydrogen) atoms. The van der Waals surface area contributed by atoms with Crippen LogP contribution < -0.4 is 5.32 Å². The summed E-state index contributed by atoms with van der Waals surface area (Å²) in [6.07, 6.45) is 5.03. The van der Waals surface area contributed by atoms with Gasteiger partial charge in [0.1, 0.15) is 5.60 Å². The van der Waals surface area contributed by atoms with Crippen LogP contribution in [0.2, 0.25) is 0 Å². The summed E-state index contributed by atoms with van der Waals surface area (Å²) in [4.78, 5) is 17.6. The Bertz CT molecular complexity index is 717. The SMILES string of the molecule is CC(C)(C)OC(=O)N1CCCCC1CNCc1cccc2[nH]ccc12. The predicted octanol–water partition coefficient (Wildman–Crippen LogP) is 4.05. The number of hydrogen-bond donors (Lipinski definition) is 2. The van der Waals surface area contributed by atoms with Gasteiger partial charge in [-0.1, -0.05) is 12.1 Å². The molecule has 5 heteroatoms. The van der Waals surface area contributed by atoms with Crippen LogP contribution in [-0.2, 0) is 11.3 Å². The van der Waals surface area contributed by atoms with E-state index in [1.165, 1.54) is 17.4 Å². The van der Waals surface area contributed by atoms with Crippen LogP contribution in [0.5, 0.6) is 0 Å². The zero-order valence-electron chi connectivity index (χ0n) is 15.5. The fourth-order valence-electron chi connectivity index (χ4n) is 3.45. The van der Waals surface area contributed by atoms with Crippen LogP contribution in [0.1, 0.15) is 45.6 Å². The Hall–Kier alpha value is -2.01. The second-order valence-corrected chi connectivity index (χ2v) is 7.81. The van der Waals surface area contributed by atoms with Gasteiger partial charge in [0.15, 0.2) is 0 Å². The Kier molecular flexibility index (Phi) is 5.33. The molecule has 5 nitrogen and oxygen atoms in total. The molecule has 1 amide bonds. The van der Waals surface area contributed by atoms with E-state index in [0.717, 1.165) is 38.0 Å². The van der Waals surface area contributed by atoms with E-state index in [0.29, 0.717) is 0 Å². The summed E-state index contributed by atoms with van der Waals surface area (Å²) in [6, 6.07) is 8.62. The highest BCUT2D eigenvalue weighted by atomic mass is 16.6. The van der Waals surface area contributed by atoms with Gasteiger partial charge in [0.05, 0.1) is 0 Å². The van der Waals surface area contributed by atoms with Crippen molar-refractivity contribution in [3.05, 3.63) is 36.0 Å². The van der Waals surface area contributed by atoms with Gasteiger partial charge >= 0.3 is 6.09 Å². The summed E-state index contributed by atoms with van der Waals surface area (Å²) in [6.45, 7) is 8.13. The Labute approximate surface area is 149 Å². The van der Waals surface area contributed by atoms with Crippen LogP contribution in [0.4, 0.5) is 4.79 Å². The molecule has 0 bridgehead atoms. The number of nitrogens with zero attached hydrogens (tertiary/aromatic N) is 1. The van der Waals surface area contributed by atoms with Crippen molar-refractivity contribution in [2.24, 2.45) is 0 Å². The Balaban J connectivity index is 1.58. The molecule has 0 aliphatic carbocycles. The van der Waals surface area contributed by atoms with E-state index < -0.39 is 5.60 Å². The molecule has 2 aromatic rings. The van der Waals surface area contributed by atoms with Crippen molar-refractivity contribution in [1.82, 2.24) is 15.2 Å². The molecule has 1 saturated heterocycles. The number of nitrogens with one attached hydrogen (secondary N) is 2. The highest BCUT2D eigenvalue weighted by Gasteiger charge is 2.30. The van der Waals surface area contributed by atoms with Crippen LogP contribution in [0, 0.1) is 0 Å². The molecule has 3 rings (SSSR count). The van der Waals surface area contributed by atoms with Crippen molar-refractivity contribution in [2.75, 3.05) is 13.1 Å². The topological polar surface area (TPSA) is 57.4 Å². The molecule has 1 aliphatic rings. The van der Waals surface area contributed by atoms with Crippen molar-refractivity contribution in [1.29, 1.82) is 0 Å². The number of benzene rings is 1. The van der Waals surface area contributed by atoms with Crippen LogP contribution in [0.15, 0.2) is 30.5 Å². The van der Waals surface area contributed by atoms with E-state index in [1.54, 1.807) is 0 Å². The lowest BCUT2D eigenvalue weighted by molar-refractivity contribution is 0.00994. The molecule has 1 atom stereocenters. The molecule has 0 saturated carbocycles. The molecule has 2 heterocycles. The second kappa shape index (κ2) is 7.48. The van der Waals surface area contributed by atoms with E-state index in [-0.39, 0.29) is 12.1 Å². The summed E-state index contributed by atoms with van der Waals surface area (Å²) in [5.74, 6) is 0. The van der Waals surface area contributed by atoms with Gasteiger partial charge in [-0.2, -0.15) is 0 Å². The number of rotatable bonds is 4. The molecule has 0 spiro atoms. The van der Waals surface area contributed by atoms with Gasteiger partial charge in [-0.3, -0.25) is 0 Å². The maximum Gasteiger partial charge on any atom is 0.410 e. The predicted molar refractivity (Wildman–Crippen MR) is 101 cm³/mol. The van der Waals surface area contributed by atoms with E-state index in [2.05, 4.69) is 34.6 Å². The standard InChI is InChI=1S/C20H29N3O2/c1-20(2,3)25-19(24)23-12-5-4-8-16(23)14-21-13-15-7-6-9-18-17(15)10-11-22-18/h6-7,9-11,16,21-22H,4-5,8,12-14H2,1-3H3. The molecule has 1 aliphatic heterocycles. The van der Waals surface area contributed by atoms with E-state index >= 15 is 0 Å². The van der Waals surface area contributed by atoms with Crippen LogP contribution in [0.25, 0.3) is 10.9 Å². The molecule has 1 aromatic heterocycles. The lowest BCUT2D eigenvalue weighted by Crippen LogP contribution is -2.50. The first-order chi connectivity index (χ1) is 11.9. The quantitative estimate of drug-likeness (QED) is 0.880. The third kappa shape index (κ3) is 4.54. The van der Waals surface area contributed by atoms with Crippen molar-refractivity contribution >= 4 is 17.0 Å². The zero-order valence-corrected chi connectivity index (χ0v) is 15.5. The Morgan fingerprint density at radius 1 is 1.32 bits per heavy atom. The normalized spacial score (nSPS) is 18.5. The second-order valence-electron chi connectivity index (χ2n) is 7.81. The van der Waals surface area contributed by atoms with Crippen LogP contribution >= 0.6 is 0 Å². The van der Waals surface area contributed by atoms with Crippen molar-refractivity contribution < 1.29 is 9.53 Å². The number of amides is 1. The molecule has 1 unspecified atom stereocenters. The van der Waals surface area contributed by atoms with Gasteiger partial charge in [-0.05, 0) is 57.7 Å². The summed E-state index contributed by atoms with van der Waals surface area (Å²) in [5.41, 5.74) is 1.99. The van der Waals surface area contributed by atoms with Crippen molar-refractivity contribution in [2.45, 2.75) is 58.2 Å². The summed E-state index contributed by atoms with van der Waals surface area (Å²) in [5, 5.41) is 4.79. The molecular formula is C20H29N3O2. The lowest BCUT2D eigenvalue weighted by Gasteiger charge is -2.37. The first-order valence-corrected chi connectivity index (χ1v) is 9.19. The van der Waals surface area contributed by atoms with E-state index in [9.17, 15) is 4.79 Å². The van der Waals surface area contributed by atoms with E-state index in [4.69, 9.17) is 4.74 Å². The smallest absolute Gasteiger partial charge is 0.410 e.